The van der Waals surface area contributed by atoms with Crippen LogP contribution in [0.15, 0.2) is 12.1 Å². The Balaban J connectivity index is 1.58. The van der Waals surface area contributed by atoms with Crippen LogP contribution in [0.4, 0.5) is 0 Å². The summed E-state index contributed by atoms with van der Waals surface area (Å²) in [5.41, 5.74) is 3.16. The summed E-state index contributed by atoms with van der Waals surface area (Å²) < 4.78 is 11.1. The summed E-state index contributed by atoms with van der Waals surface area (Å²) in [6.45, 7) is 1.04. The second kappa shape index (κ2) is 5.53. The van der Waals surface area contributed by atoms with Gasteiger partial charge in [0.15, 0.2) is 11.5 Å². The lowest BCUT2D eigenvalue weighted by atomic mass is 9.46. The molecule has 1 heterocycles. The fourth-order valence-corrected chi connectivity index (χ4v) is 7.69. The molecule has 3 nitrogen and oxygen atoms in total. The molecule has 1 N–H and O–H groups in total. The number of hydrogen-bond donors (Lipinski definition) is 1. The van der Waals surface area contributed by atoms with Gasteiger partial charge in [-0.15, -0.1) is 11.6 Å². The van der Waals surface area contributed by atoms with Gasteiger partial charge >= 0.3 is 0 Å². The fourth-order valence-electron chi connectivity index (χ4n) is 6.99. The molecule has 4 heteroatoms. The summed E-state index contributed by atoms with van der Waals surface area (Å²) in [5.74, 6) is 3.35. The Bertz CT molecular complexity index is 689. The van der Waals surface area contributed by atoms with Crippen molar-refractivity contribution in [3.05, 3.63) is 23.3 Å². The van der Waals surface area contributed by atoms with Gasteiger partial charge in [0.25, 0.3) is 0 Å². The van der Waals surface area contributed by atoms with E-state index in [1.165, 1.54) is 49.7 Å². The van der Waals surface area contributed by atoms with Gasteiger partial charge < -0.3 is 14.8 Å². The summed E-state index contributed by atoms with van der Waals surface area (Å²) in [5, 5.41) is 3.88. The van der Waals surface area contributed by atoms with Crippen LogP contribution >= 0.6 is 11.6 Å². The number of halogens is 1. The SMILES string of the molecule is COc1cc2c(cc1OC)[C@@H](C13C[C@@H]4C[C@H](CC(Cl)(C4)C1)C3)NCC2. The molecule has 0 spiro atoms. The van der Waals surface area contributed by atoms with Gasteiger partial charge in [0.1, 0.15) is 0 Å². The standard InChI is InChI=1S/C21H28ClNO2/c1-24-17-6-15-3-4-23-19(16(15)7-18(17)25-2)20-8-13-5-14(9-20)11-21(22,10-13)12-20/h6-7,13-14,19,23H,3-5,8-12H2,1-2H3/t13-,14-,19-,20?,21?/m0/s1. The Morgan fingerprint density at radius 1 is 1.04 bits per heavy atom. The molecular weight excluding hydrogens is 334 g/mol. The van der Waals surface area contributed by atoms with Crippen molar-refractivity contribution in [2.45, 2.75) is 55.9 Å². The second-order valence-electron chi connectivity index (χ2n) is 9.02. The van der Waals surface area contributed by atoms with Crippen LogP contribution in [0.25, 0.3) is 0 Å². The Morgan fingerprint density at radius 2 is 1.72 bits per heavy atom. The van der Waals surface area contributed by atoms with Gasteiger partial charge in [-0.05, 0) is 92.0 Å². The maximum absolute atomic E-state index is 7.10. The summed E-state index contributed by atoms with van der Waals surface area (Å²) in [7, 11) is 3.45. The second-order valence-corrected chi connectivity index (χ2v) is 9.82. The highest BCUT2D eigenvalue weighted by molar-refractivity contribution is 6.24. The van der Waals surface area contributed by atoms with Gasteiger partial charge in [-0.2, -0.15) is 0 Å². The number of benzene rings is 1. The van der Waals surface area contributed by atoms with Crippen molar-refractivity contribution in [2.24, 2.45) is 17.3 Å². The Hall–Kier alpha value is -0.930. The maximum atomic E-state index is 7.10. The van der Waals surface area contributed by atoms with Crippen molar-refractivity contribution < 1.29 is 9.47 Å². The van der Waals surface area contributed by atoms with E-state index in [0.717, 1.165) is 36.3 Å². The quantitative estimate of drug-likeness (QED) is 0.806. The number of hydrogen-bond acceptors (Lipinski definition) is 3. The zero-order chi connectivity index (χ0) is 17.2. The van der Waals surface area contributed by atoms with Crippen LogP contribution in [0.3, 0.4) is 0 Å². The van der Waals surface area contributed by atoms with Crippen LogP contribution in [0.5, 0.6) is 11.5 Å². The predicted octanol–water partition coefficient (Wildman–Crippen LogP) is 4.47. The van der Waals surface area contributed by atoms with E-state index < -0.39 is 0 Å². The van der Waals surface area contributed by atoms with Gasteiger partial charge in [0.05, 0.1) is 14.2 Å². The Kier molecular flexibility index (Phi) is 3.60. The van der Waals surface area contributed by atoms with Crippen LogP contribution in [0.1, 0.15) is 55.7 Å². The summed E-state index contributed by atoms with van der Waals surface area (Å²) in [6, 6.07) is 4.82. The van der Waals surface area contributed by atoms with E-state index in [2.05, 4.69) is 17.4 Å². The lowest BCUT2D eigenvalue weighted by Gasteiger charge is -2.63. The molecule has 1 aromatic carbocycles. The zero-order valence-corrected chi connectivity index (χ0v) is 16.0. The van der Waals surface area contributed by atoms with Crippen LogP contribution in [-0.2, 0) is 6.42 Å². The molecule has 4 bridgehead atoms. The van der Waals surface area contributed by atoms with Crippen molar-refractivity contribution in [2.75, 3.05) is 20.8 Å². The average molecular weight is 362 g/mol. The molecule has 25 heavy (non-hydrogen) atoms. The molecule has 5 aliphatic rings. The highest BCUT2D eigenvalue weighted by atomic mass is 35.5. The minimum absolute atomic E-state index is 0.0555. The summed E-state index contributed by atoms with van der Waals surface area (Å²) in [4.78, 5) is 0.0555. The van der Waals surface area contributed by atoms with E-state index >= 15 is 0 Å². The first-order chi connectivity index (χ1) is 12.0. The van der Waals surface area contributed by atoms with Crippen LogP contribution < -0.4 is 14.8 Å². The first-order valence-electron chi connectivity index (χ1n) is 9.71. The summed E-state index contributed by atoms with van der Waals surface area (Å²) >= 11 is 7.10. The zero-order valence-electron chi connectivity index (χ0n) is 15.2. The van der Waals surface area contributed by atoms with Crippen LogP contribution in [0.2, 0.25) is 0 Å². The average Bonchev–Trinajstić information content (AvgIpc) is 2.57. The van der Waals surface area contributed by atoms with E-state index in [1.807, 2.05) is 0 Å². The van der Waals surface area contributed by atoms with Gasteiger partial charge in [0.2, 0.25) is 0 Å². The molecule has 0 amide bonds. The fraction of sp³-hybridized carbons (Fsp3) is 0.714. The van der Waals surface area contributed by atoms with Crippen molar-refractivity contribution in [1.82, 2.24) is 5.32 Å². The number of methoxy groups -OCH3 is 2. The lowest BCUT2D eigenvalue weighted by molar-refractivity contribution is -0.0647. The number of rotatable bonds is 3. The third kappa shape index (κ3) is 2.42. The van der Waals surface area contributed by atoms with Crippen LogP contribution in [0, 0.1) is 17.3 Å². The first kappa shape index (κ1) is 16.3. The Morgan fingerprint density at radius 3 is 2.36 bits per heavy atom. The van der Waals surface area contributed by atoms with E-state index in [1.54, 1.807) is 14.2 Å². The van der Waals surface area contributed by atoms with Crippen molar-refractivity contribution in [3.8, 4) is 11.5 Å². The van der Waals surface area contributed by atoms with E-state index in [0.29, 0.717) is 11.5 Å². The van der Waals surface area contributed by atoms with E-state index in [-0.39, 0.29) is 4.87 Å². The minimum Gasteiger partial charge on any atom is -0.493 e. The highest BCUT2D eigenvalue weighted by Gasteiger charge is 2.60. The lowest BCUT2D eigenvalue weighted by Crippen LogP contribution is -2.58. The minimum atomic E-state index is 0.0555. The molecular formula is C21H28ClNO2. The molecule has 1 aliphatic heterocycles. The third-order valence-electron chi connectivity index (χ3n) is 7.35. The predicted molar refractivity (Wildman–Crippen MR) is 99.7 cm³/mol. The van der Waals surface area contributed by atoms with Crippen molar-refractivity contribution in [1.29, 1.82) is 0 Å². The molecule has 6 rings (SSSR count). The first-order valence-corrected chi connectivity index (χ1v) is 10.1. The number of nitrogens with one attached hydrogen (secondary N) is 1. The summed E-state index contributed by atoms with van der Waals surface area (Å²) in [6.07, 6.45) is 8.77. The number of ether oxygens (including phenoxy) is 2. The number of alkyl halides is 1. The topological polar surface area (TPSA) is 30.5 Å². The van der Waals surface area contributed by atoms with Gasteiger partial charge in [-0.25, -0.2) is 0 Å². The maximum Gasteiger partial charge on any atom is 0.161 e. The molecule has 0 radical (unpaired) electrons. The van der Waals surface area contributed by atoms with Crippen LogP contribution in [-0.4, -0.2) is 25.6 Å². The Labute approximate surface area is 155 Å². The smallest absolute Gasteiger partial charge is 0.161 e. The molecule has 0 aromatic heterocycles. The third-order valence-corrected chi connectivity index (χ3v) is 7.79. The molecule has 1 aromatic rings. The molecule has 4 saturated carbocycles. The molecule has 4 aliphatic carbocycles. The van der Waals surface area contributed by atoms with Gasteiger partial charge in [0, 0.05) is 10.9 Å². The molecule has 4 fully saturated rings. The van der Waals surface area contributed by atoms with Gasteiger partial charge in [-0.3, -0.25) is 0 Å². The normalized spacial score (nSPS) is 41.5. The van der Waals surface area contributed by atoms with E-state index in [9.17, 15) is 0 Å². The molecule has 0 unspecified atom stereocenters. The number of fused-ring (bicyclic) bond motifs is 1. The molecule has 0 saturated heterocycles. The van der Waals surface area contributed by atoms with Crippen molar-refractivity contribution in [3.63, 3.8) is 0 Å². The largest absolute Gasteiger partial charge is 0.493 e. The molecule has 136 valence electrons. The monoisotopic (exact) mass is 361 g/mol. The molecule has 3 atom stereocenters. The van der Waals surface area contributed by atoms with Gasteiger partial charge in [-0.1, -0.05) is 0 Å². The van der Waals surface area contributed by atoms with Crippen molar-refractivity contribution >= 4 is 11.6 Å². The van der Waals surface area contributed by atoms with E-state index in [4.69, 9.17) is 21.1 Å². The highest BCUT2D eigenvalue weighted by Crippen LogP contribution is 2.67.